The van der Waals surface area contributed by atoms with Crippen LogP contribution < -0.4 is 5.32 Å². The van der Waals surface area contributed by atoms with Crippen LogP contribution in [0.4, 0.5) is 0 Å². The number of hydrogen-bond acceptors (Lipinski definition) is 2. The van der Waals surface area contributed by atoms with Gasteiger partial charge in [-0.2, -0.15) is 0 Å². The van der Waals surface area contributed by atoms with E-state index in [2.05, 4.69) is 48.1 Å². The Morgan fingerprint density at radius 1 is 1.18 bits per heavy atom. The van der Waals surface area contributed by atoms with Crippen LogP contribution in [0.25, 0.3) is 0 Å². The molecule has 118 valence electrons. The van der Waals surface area contributed by atoms with E-state index in [1.807, 2.05) is 11.8 Å². The molecule has 2 aliphatic rings. The smallest absolute Gasteiger partial charge is 0.0331 e. The maximum atomic E-state index is 3.22. The number of dihydropyridines is 1. The molecule has 0 bridgehead atoms. The topological polar surface area (TPSA) is 12.0 Å². The predicted molar refractivity (Wildman–Crippen MR) is 97.4 cm³/mol. The Balaban J connectivity index is 1.66. The zero-order chi connectivity index (χ0) is 15.2. The van der Waals surface area contributed by atoms with Crippen molar-refractivity contribution in [1.29, 1.82) is 0 Å². The second-order valence-corrected chi connectivity index (χ2v) is 7.37. The fourth-order valence-corrected chi connectivity index (χ4v) is 4.25. The number of thioether (sulfide) groups is 1. The Bertz CT molecular complexity index is 553. The summed E-state index contributed by atoms with van der Waals surface area (Å²) in [4.78, 5) is 1.48. The second kappa shape index (κ2) is 7.92. The zero-order valence-corrected chi connectivity index (χ0v) is 14.4. The first-order chi connectivity index (χ1) is 10.8. The molecule has 0 radical (unpaired) electrons. The van der Waals surface area contributed by atoms with E-state index in [4.69, 9.17) is 0 Å². The van der Waals surface area contributed by atoms with E-state index in [9.17, 15) is 0 Å². The van der Waals surface area contributed by atoms with E-state index in [0.29, 0.717) is 0 Å². The van der Waals surface area contributed by atoms with Crippen molar-refractivity contribution in [2.75, 3.05) is 12.8 Å². The van der Waals surface area contributed by atoms with Gasteiger partial charge in [0.05, 0.1) is 0 Å². The summed E-state index contributed by atoms with van der Waals surface area (Å²) in [6.07, 6.45) is 18.1. The largest absolute Gasteiger partial charge is 0.387 e. The van der Waals surface area contributed by atoms with E-state index in [1.165, 1.54) is 48.1 Å². The monoisotopic (exact) mass is 313 g/mol. The Morgan fingerprint density at radius 2 is 2.05 bits per heavy atom. The third kappa shape index (κ3) is 4.19. The van der Waals surface area contributed by atoms with Crippen molar-refractivity contribution in [3.8, 4) is 0 Å². The van der Waals surface area contributed by atoms with Gasteiger partial charge in [-0.05, 0) is 66.5 Å². The summed E-state index contributed by atoms with van der Waals surface area (Å²) in [5.74, 6) is 0.927. The van der Waals surface area contributed by atoms with Crippen LogP contribution >= 0.6 is 11.8 Å². The molecule has 1 fully saturated rings. The van der Waals surface area contributed by atoms with Gasteiger partial charge in [0.1, 0.15) is 0 Å². The van der Waals surface area contributed by atoms with E-state index in [0.717, 1.165) is 25.3 Å². The van der Waals surface area contributed by atoms with Gasteiger partial charge in [-0.1, -0.05) is 43.9 Å². The van der Waals surface area contributed by atoms with Gasteiger partial charge < -0.3 is 5.32 Å². The van der Waals surface area contributed by atoms with Gasteiger partial charge in [0, 0.05) is 11.4 Å². The third-order valence-electron chi connectivity index (χ3n) is 4.93. The van der Waals surface area contributed by atoms with E-state index in [1.54, 1.807) is 5.56 Å². The fourth-order valence-electron chi connectivity index (χ4n) is 3.64. The summed E-state index contributed by atoms with van der Waals surface area (Å²) < 4.78 is 0. The molecule has 0 atom stereocenters. The molecule has 1 aromatic carbocycles. The molecule has 1 nitrogen and oxygen atoms in total. The molecule has 2 heteroatoms. The lowest BCUT2D eigenvalue weighted by Gasteiger charge is -2.15. The van der Waals surface area contributed by atoms with Crippen molar-refractivity contribution in [2.24, 2.45) is 5.92 Å². The minimum Gasteiger partial charge on any atom is -0.387 e. The van der Waals surface area contributed by atoms with Gasteiger partial charge >= 0.3 is 0 Å². The molecule has 0 aromatic heterocycles. The first kappa shape index (κ1) is 15.7. The van der Waals surface area contributed by atoms with Crippen LogP contribution in [-0.2, 0) is 12.8 Å². The first-order valence-corrected chi connectivity index (χ1v) is 9.82. The molecule has 0 spiro atoms. The minimum atomic E-state index is 0.927. The van der Waals surface area contributed by atoms with Gasteiger partial charge in [0.15, 0.2) is 0 Å². The van der Waals surface area contributed by atoms with Gasteiger partial charge in [-0.3, -0.25) is 0 Å². The molecule has 1 N–H and O–H groups in total. The highest BCUT2D eigenvalue weighted by Gasteiger charge is 2.17. The van der Waals surface area contributed by atoms with Crippen LogP contribution in [0, 0.1) is 5.92 Å². The average molecular weight is 314 g/mol. The lowest BCUT2D eigenvalue weighted by atomic mass is 9.95. The summed E-state index contributed by atoms with van der Waals surface area (Å²) in [6, 6.07) is 7.15. The summed E-state index contributed by atoms with van der Waals surface area (Å²) >= 11 is 1.90. The highest BCUT2D eigenvalue weighted by atomic mass is 32.2. The zero-order valence-electron chi connectivity index (χ0n) is 13.6. The van der Waals surface area contributed by atoms with E-state index >= 15 is 0 Å². The SMILES string of the molecule is CSc1ccc(CCC2=CCNC=C2)cc1CC1CCCC1. The van der Waals surface area contributed by atoms with Gasteiger partial charge in [-0.15, -0.1) is 11.8 Å². The molecule has 0 unspecified atom stereocenters. The normalized spacial score (nSPS) is 18.3. The number of hydrogen-bond donors (Lipinski definition) is 1. The molecule has 1 aliphatic carbocycles. The standard InChI is InChI=1S/C20H27NS/c1-22-20-9-8-18(7-6-16-10-12-21-13-11-16)15-19(20)14-17-4-2-3-5-17/h8-12,15,17,21H,2-7,13-14H2,1H3. The Morgan fingerprint density at radius 3 is 2.77 bits per heavy atom. The minimum absolute atomic E-state index is 0.927. The third-order valence-corrected chi connectivity index (χ3v) is 5.77. The van der Waals surface area contributed by atoms with Gasteiger partial charge in [-0.25, -0.2) is 0 Å². The van der Waals surface area contributed by atoms with E-state index in [-0.39, 0.29) is 0 Å². The van der Waals surface area contributed by atoms with Crippen LogP contribution in [0.1, 0.15) is 43.2 Å². The van der Waals surface area contributed by atoms with Crippen LogP contribution in [0.5, 0.6) is 0 Å². The van der Waals surface area contributed by atoms with Crippen molar-refractivity contribution in [1.82, 2.24) is 5.32 Å². The summed E-state index contributed by atoms with van der Waals surface area (Å²) in [5.41, 5.74) is 4.55. The molecule has 1 aromatic rings. The average Bonchev–Trinajstić information content (AvgIpc) is 3.07. The molecule has 1 aliphatic heterocycles. The molecule has 3 rings (SSSR count). The maximum absolute atomic E-state index is 3.22. The Hall–Kier alpha value is -1.15. The number of nitrogens with one attached hydrogen (secondary N) is 1. The number of allylic oxidation sites excluding steroid dienone is 2. The van der Waals surface area contributed by atoms with Gasteiger partial charge in [0.25, 0.3) is 0 Å². The van der Waals surface area contributed by atoms with Crippen LogP contribution in [0.2, 0.25) is 0 Å². The van der Waals surface area contributed by atoms with Crippen molar-refractivity contribution >= 4 is 11.8 Å². The van der Waals surface area contributed by atoms with Gasteiger partial charge in [0.2, 0.25) is 0 Å². The first-order valence-electron chi connectivity index (χ1n) is 8.60. The number of rotatable bonds is 6. The quantitative estimate of drug-likeness (QED) is 0.732. The lowest BCUT2D eigenvalue weighted by Crippen LogP contribution is -2.09. The molecular weight excluding hydrogens is 286 g/mol. The van der Waals surface area contributed by atoms with Crippen molar-refractivity contribution in [2.45, 2.75) is 49.8 Å². The highest BCUT2D eigenvalue weighted by molar-refractivity contribution is 7.98. The number of benzene rings is 1. The van der Waals surface area contributed by atoms with Crippen molar-refractivity contribution < 1.29 is 0 Å². The van der Waals surface area contributed by atoms with Crippen LogP contribution in [-0.4, -0.2) is 12.8 Å². The summed E-state index contributed by atoms with van der Waals surface area (Å²) in [7, 11) is 0. The molecule has 0 amide bonds. The predicted octanol–water partition coefficient (Wildman–Crippen LogP) is 5.12. The molecule has 0 saturated heterocycles. The molecule has 1 heterocycles. The molecule has 22 heavy (non-hydrogen) atoms. The lowest BCUT2D eigenvalue weighted by molar-refractivity contribution is 0.542. The Labute approximate surface area is 139 Å². The molecule has 1 saturated carbocycles. The Kier molecular flexibility index (Phi) is 5.66. The highest BCUT2D eigenvalue weighted by Crippen LogP contribution is 2.32. The van der Waals surface area contributed by atoms with Crippen molar-refractivity contribution in [3.63, 3.8) is 0 Å². The summed E-state index contributed by atoms with van der Waals surface area (Å²) in [6.45, 7) is 0.976. The second-order valence-electron chi connectivity index (χ2n) is 6.52. The fraction of sp³-hybridized carbons (Fsp3) is 0.500. The van der Waals surface area contributed by atoms with Crippen LogP contribution in [0.3, 0.4) is 0 Å². The van der Waals surface area contributed by atoms with Crippen LogP contribution in [0.15, 0.2) is 47.0 Å². The summed E-state index contributed by atoms with van der Waals surface area (Å²) in [5, 5.41) is 3.22. The van der Waals surface area contributed by atoms with Crippen molar-refractivity contribution in [3.05, 3.63) is 53.3 Å². The van der Waals surface area contributed by atoms with E-state index < -0.39 is 0 Å². The maximum Gasteiger partial charge on any atom is 0.0331 e. The number of aryl methyl sites for hydroxylation is 1. The molecular formula is C20H27NS.